The number of piperidine rings is 1. The maximum atomic E-state index is 13.4. The van der Waals surface area contributed by atoms with Crippen LogP contribution in [0.5, 0.6) is 5.75 Å². The first-order valence-corrected chi connectivity index (χ1v) is 15.5. The first-order valence-electron chi connectivity index (χ1n) is 13.5. The van der Waals surface area contributed by atoms with E-state index in [4.69, 9.17) is 16.3 Å². The van der Waals surface area contributed by atoms with Gasteiger partial charge in [0.2, 0.25) is 10.0 Å². The Balaban J connectivity index is 1.07. The number of nitrogens with zero attached hydrogens (tertiary/aromatic N) is 3. The molecule has 2 fully saturated rings. The normalized spacial score (nSPS) is 23.1. The van der Waals surface area contributed by atoms with E-state index in [9.17, 15) is 8.42 Å². The molecule has 7 nitrogen and oxygen atoms in total. The van der Waals surface area contributed by atoms with E-state index in [1.165, 1.54) is 10.9 Å². The number of aromatic nitrogens is 3. The molecule has 0 spiro atoms. The highest BCUT2D eigenvalue weighted by Crippen LogP contribution is 2.40. The average Bonchev–Trinajstić information content (AvgIpc) is 3.42. The van der Waals surface area contributed by atoms with Crippen LogP contribution in [0.25, 0.3) is 21.9 Å². The van der Waals surface area contributed by atoms with E-state index in [-0.39, 0.29) is 17.6 Å². The second kappa shape index (κ2) is 10.8. The zero-order chi connectivity index (χ0) is 26.1. The highest BCUT2D eigenvalue weighted by molar-refractivity contribution is 7.89. The van der Waals surface area contributed by atoms with Gasteiger partial charge in [0.05, 0.1) is 24.1 Å². The summed E-state index contributed by atoms with van der Waals surface area (Å²) in [5, 5.41) is 2.95. The summed E-state index contributed by atoms with van der Waals surface area (Å²) in [6, 6.07) is 11.5. The van der Waals surface area contributed by atoms with Gasteiger partial charge in [-0.05, 0) is 92.3 Å². The number of H-pyrrole nitrogens is 1. The first kappa shape index (κ1) is 25.6. The number of aromatic amines is 1. The molecule has 1 aromatic carbocycles. The Morgan fingerprint density at radius 2 is 1.82 bits per heavy atom. The monoisotopic (exact) mass is 552 g/mol. The van der Waals surface area contributed by atoms with E-state index < -0.39 is 10.0 Å². The summed E-state index contributed by atoms with van der Waals surface area (Å²) in [7, 11) is -3.30. The molecule has 38 heavy (non-hydrogen) atoms. The highest BCUT2D eigenvalue weighted by atomic mass is 35.5. The van der Waals surface area contributed by atoms with Crippen molar-refractivity contribution in [1.29, 1.82) is 0 Å². The fraction of sp³-hybridized carbons (Fsp3) is 0.448. The predicted molar refractivity (Wildman–Crippen MR) is 151 cm³/mol. The van der Waals surface area contributed by atoms with Crippen molar-refractivity contribution in [3.63, 3.8) is 0 Å². The molecule has 6 rings (SSSR count). The molecule has 4 heterocycles. The standard InChI is InChI=1S/C29H33ClN4O3S/c30-23-7-9-24(10-8-23)37-18-21-2-1-15-34(17-21)38(35,36)19-20-3-5-22(6-4-20)25-11-13-31-27-16-33-29-26(28(25)27)12-14-32-29/h7-14,16,20-22,31H,1-6,15,17-19H2. The van der Waals surface area contributed by atoms with Crippen LogP contribution in [0.15, 0.2) is 55.0 Å². The minimum Gasteiger partial charge on any atom is -0.493 e. The van der Waals surface area contributed by atoms with Gasteiger partial charge in [-0.3, -0.25) is 0 Å². The molecule has 200 valence electrons. The molecule has 3 aromatic heterocycles. The molecule has 1 atom stereocenters. The Morgan fingerprint density at radius 3 is 2.63 bits per heavy atom. The van der Waals surface area contributed by atoms with Crippen LogP contribution in [-0.4, -0.2) is 53.1 Å². The van der Waals surface area contributed by atoms with Gasteiger partial charge in [0.25, 0.3) is 0 Å². The lowest BCUT2D eigenvalue weighted by Gasteiger charge is -2.34. The Hall–Kier alpha value is -2.68. The predicted octanol–water partition coefficient (Wildman–Crippen LogP) is 6.16. The number of hydrogen-bond donors (Lipinski definition) is 1. The van der Waals surface area contributed by atoms with E-state index in [1.54, 1.807) is 16.4 Å². The van der Waals surface area contributed by atoms with Gasteiger partial charge in [0.15, 0.2) is 5.65 Å². The van der Waals surface area contributed by atoms with E-state index in [1.807, 2.05) is 36.8 Å². The summed E-state index contributed by atoms with van der Waals surface area (Å²) in [5.74, 6) is 1.82. The Bertz CT molecular complexity index is 1510. The average molecular weight is 553 g/mol. The molecule has 4 aromatic rings. The van der Waals surface area contributed by atoms with Gasteiger partial charge in [-0.2, -0.15) is 0 Å². The summed E-state index contributed by atoms with van der Waals surface area (Å²) < 4.78 is 34.5. The maximum absolute atomic E-state index is 13.4. The number of nitrogens with one attached hydrogen (secondary N) is 1. The van der Waals surface area contributed by atoms with Crippen molar-refractivity contribution in [1.82, 2.24) is 19.3 Å². The Morgan fingerprint density at radius 1 is 1.00 bits per heavy atom. The van der Waals surface area contributed by atoms with Gasteiger partial charge in [0, 0.05) is 47.2 Å². The fourth-order valence-corrected chi connectivity index (χ4v) is 8.34. The number of fused-ring (bicyclic) bond motifs is 3. The molecular formula is C29H33ClN4O3S. The van der Waals surface area contributed by atoms with Crippen LogP contribution in [0.1, 0.15) is 50.0 Å². The third-order valence-corrected chi connectivity index (χ3v) is 10.5. The van der Waals surface area contributed by atoms with E-state index in [0.29, 0.717) is 30.6 Å². The summed E-state index contributed by atoms with van der Waals surface area (Å²) >= 11 is 5.95. The third kappa shape index (κ3) is 5.40. The molecule has 1 N–H and O–H groups in total. The summed E-state index contributed by atoms with van der Waals surface area (Å²) in [5.41, 5.74) is 3.11. The molecule has 2 aliphatic rings. The number of sulfonamides is 1. The molecule has 9 heteroatoms. The third-order valence-electron chi connectivity index (χ3n) is 8.23. The number of pyridine rings is 2. The SMILES string of the molecule is O=S(=O)(CC1CCC(c2cc[nH]c3cnc4nccc4c23)CC1)N1CCCC(COc2ccc(Cl)cc2)C1. The number of rotatable bonds is 7. The van der Waals surface area contributed by atoms with Crippen LogP contribution in [0, 0.1) is 11.8 Å². The molecule has 0 amide bonds. The topological polar surface area (TPSA) is 88.2 Å². The van der Waals surface area contributed by atoms with Crippen molar-refractivity contribution < 1.29 is 13.2 Å². The number of hydrogen-bond acceptors (Lipinski definition) is 5. The van der Waals surface area contributed by atoms with Gasteiger partial charge >= 0.3 is 0 Å². The lowest BCUT2D eigenvalue weighted by molar-refractivity contribution is 0.179. The van der Waals surface area contributed by atoms with Gasteiger partial charge in [-0.1, -0.05) is 11.6 Å². The maximum Gasteiger partial charge on any atom is 0.214 e. The Kier molecular flexibility index (Phi) is 7.29. The van der Waals surface area contributed by atoms with Gasteiger partial charge < -0.3 is 9.72 Å². The van der Waals surface area contributed by atoms with Gasteiger partial charge in [0.1, 0.15) is 5.75 Å². The van der Waals surface area contributed by atoms with Gasteiger partial charge in [-0.25, -0.2) is 22.7 Å². The highest BCUT2D eigenvalue weighted by Gasteiger charge is 2.33. The van der Waals surface area contributed by atoms with Crippen molar-refractivity contribution in [3.05, 3.63) is 65.6 Å². The lowest BCUT2D eigenvalue weighted by Crippen LogP contribution is -2.43. The van der Waals surface area contributed by atoms with E-state index >= 15 is 0 Å². The van der Waals surface area contributed by atoms with Crippen molar-refractivity contribution >= 4 is 43.6 Å². The number of halogens is 1. The van der Waals surface area contributed by atoms with Crippen LogP contribution in [0.2, 0.25) is 5.02 Å². The molecule has 1 saturated carbocycles. The van der Waals surface area contributed by atoms with Crippen LogP contribution in [0.3, 0.4) is 0 Å². The van der Waals surface area contributed by atoms with E-state index in [2.05, 4.69) is 21.0 Å². The minimum absolute atomic E-state index is 0.199. The molecule has 1 aliphatic carbocycles. The second-order valence-corrected chi connectivity index (χ2v) is 13.2. The van der Waals surface area contributed by atoms with Crippen molar-refractivity contribution in [2.45, 2.75) is 44.4 Å². The molecule has 1 unspecified atom stereocenters. The minimum atomic E-state index is -3.30. The second-order valence-electron chi connectivity index (χ2n) is 10.8. The summed E-state index contributed by atoms with van der Waals surface area (Å²) in [6.45, 7) is 1.66. The number of ether oxygens (including phenoxy) is 1. The zero-order valence-corrected chi connectivity index (χ0v) is 22.9. The number of benzene rings is 1. The first-order chi connectivity index (χ1) is 18.5. The van der Waals surface area contributed by atoms with Gasteiger partial charge in [-0.15, -0.1) is 0 Å². The molecular weight excluding hydrogens is 520 g/mol. The fourth-order valence-electron chi connectivity index (χ4n) is 6.23. The molecule has 1 aliphatic heterocycles. The summed E-state index contributed by atoms with van der Waals surface area (Å²) in [6.07, 6.45) is 11.4. The Labute approximate surface area is 228 Å². The van der Waals surface area contributed by atoms with Crippen LogP contribution >= 0.6 is 11.6 Å². The zero-order valence-electron chi connectivity index (χ0n) is 21.4. The van der Waals surface area contributed by atoms with Crippen LogP contribution < -0.4 is 4.74 Å². The quantitative estimate of drug-likeness (QED) is 0.297. The van der Waals surface area contributed by atoms with Crippen LogP contribution in [0.4, 0.5) is 0 Å². The molecule has 1 saturated heterocycles. The van der Waals surface area contributed by atoms with E-state index in [0.717, 1.165) is 60.8 Å². The smallest absolute Gasteiger partial charge is 0.214 e. The van der Waals surface area contributed by atoms with Crippen molar-refractivity contribution in [2.75, 3.05) is 25.4 Å². The molecule has 0 radical (unpaired) electrons. The van der Waals surface area contributed by atoms with Crippen molar-refractivity contribution in [3.8, 4) is 5.75 Å². The largest absolute Gasteiger partial charge is 0.493 e. The lowest BCUT2D eigenvalue weighted by atomic mass is 9.78. The summed E-state index contributed by atoms with van der Waals surface area (Å²) in [4.78, 5) is 12.2. The molecule has 0 bridgehead atoms. The van der Waals surface area contributed by atoms with Crippen LogP contribution in [-0.2, 0) is 10.0 Å². The van der Waals surface area contributed by atoms with Crippen molar-refractivity contribution in [2.24, 2.45) is 11.8 Å².